The zero-order valence-electron chi connectivity index (χ0n) is 7.70. The summed E-state index contributed by atoms with van der Waals surface area (Å²) in [6.45, 7) is 1.21. The molecule has 0 aromatic heterocycles. The molecule has 0 aliphatic carbocycles. The number of carboxylic acid groups (broad SMARTS) is 1. The van der Waals surface area contributed by atoms with E-state index < -0.39 is 11.9 Å². The van der Waals surface area contributed by atoms with Gasteiger partial charge in [0.05, 0.1) is 5.92 Å². The van der Waals surface area contributed by atoms with Gasteiger partial charge in [-0.3, -0.25) is 4.79 Å². The zero-order valence-corrected chi connectivity index (χ0v) is 8.46. The Kier molecular flexibility index (Phi) is 4.00. The van der Waals surface area contributed by atoms with Gasteiger partial charge in [0.25, 0.3) is 0 Å². The average molecular weight is 221 g/mol. The second-order valence-corrected chi connectivity index (χ2v) is 3.57. The van der Waals surface area contributed by atoms with Gasteiger partial charge < -0.3 is 15.3 Å². The van der Waals surface area contributed by atoms with Gasteiger partial charge in [0.2, 0.25) is 0 Å². The highest BCUT2D eigenvalue weighted by molar-refractivity contribution is 6.18. The number of likely N-dealkylation sites (tertiary alicyclic amines) is 1. The summed E-state index contributed by atoms with van der Waals surface area (Å²) in [5, 5.41) is 11.3. The molecule has 1 unspecified atom stereocenters. The van der Waals surface area contributed by atoms with Crippen molar-refractivity contribution in [3.8, 4) is 0 Å². The third-order valence-corrected chi connectivity index (χ3v) is 2.38. The van der Waals surface area contributed by atoms with Crippen LogP contribution in [0.4, 0.5) is 4.79 Å². The second-order valence-electron chi connectivity index (χ2n) is 3.19. The summed E-state index contributed by atoms with van der Waals surface area (Å²) in [6.07, 6.45) is 0.531. The monoisotopic (exact) mass is 220 g/mol. The van der Waals surface area contributed by atoms with E-state index in [9.17, 15) is 9.59 Å². The summed E-state index contributed by atoms with van der Waals surface area (Å²) in [5.41, 5.74) is 0. The third kappa shape index (κ3) is 2.77. The molecule has 1 rings (SSSR count). The summed E-state index contributed by atoms with van der Waals surface area (Å²) < 4.78 is 0. The minimum Gasteiger partial charge on any atom is -0.481 e. The maximum Gasteiger partial charge on any atom is 0.317 e. The van der Waals surface area contributed by atoms with Crippen LogP contribution >= 0.6 is 11.6 Å². The van der Waals surface area contributed by atoms with Crippen LogP contribution in [-0.2, 0) is 4.79 Å². The molecule has 14 heavy (non-hydrogen) atoms. The molecule has 0 bridgehead atoms. The largest absolute Gasteiger partial charge is 0.481 e. The van der Waals surface area contributed by atoms with Gasteiger partial charge in [-0.1, -0.05) is 0 Å². The maximum absolute atomic E-state index is 11.3. The van der Waals surface area contributed by atoms with Crippen molar-refractivity contribution in [1.29, 1.82) is 0 Å². The van der Waals surface area contributed by atoms with Crippen LogP contribution in [0.1, 0.15) is 6.42 Å². The number of nitrogens with zero attached hydrogens (tertiary/aromatic N) is 1. The third-order valence-electron chi connectivity index (χ3n) is 2.20. The topological polar surface area (TPSA) is 69.6 Å². The Morgan fingerprint density at radius 1 is 1.57 bits per heavy atom. The molecule has 80 valence electrons. The van der Waals surface area contributed by atoms with Crippen LogP contribution < -0.4 is 5.32 Å². The molecular formula is C8H13ClN2O3. The summed E-state index contributed by atoms with van der Waals surface area (Å²) in [4.78, 5) is 23.4. The minimum atomic E-state index is -0.836. The molecule has 2 amide bonds. The Morgan fingerprint density at radius 3 is 2.79 bits per heavy atom. The van der Waals surface area contributed by atoms with E-state index in [2.05, 4.69) is 5.32 Å². The van der Waals surface area contributed by atoms with E-state index in [1.807, 2.05) is 0 Å². The van der Waals surface area contributed by atoms with Crippen LogP contribution in [0.5, 0.6) is 0 Å². The number of nitrogens with one attached hydrogen (secondary N) is 1. The zero-order chi connectivity index (χ0) is 10.6. The molecular weight excluding hydrogens is 208 g/mol. The number of carboxylic acids is 1. The van der Waals surface area contributed by atoms with Crippen molar-refractivity contribution in [2.24, 2.45) is 5.92 Å². The highest BCUT2D eigenvalue weighted by Crippen LogP contribution is 2.15. The number of rotatable bonds is 3. The highest BCUT2D eigenvalue weighted by Gasteiger charge is 2.30. The fraction of sp³-hybridized carbons (Fsp3) is 0.750. The molecule has 0 radical (unpaired) electrons. The van der Waals surface area contributed by atoms with Crippen molar-refractivity contribution in [3.05, 3.63) is 0 Å². The number of urea groups is 1. The molecule has 0 aromatic rings. The summed E-state index contributed by atoms with van der Waals surface area (Å²) in [5.74, 6) is -0.892. The van der Waals surface area contributed by atoms with Gasteiger partial charge in [-0.15, -0.1) is 11.6 Å². The van der Waals surface area contributed by atoms with Gasteiger partial charge in [-0.25, -0.2) is 4.79 Å². The lowest BCUT2D eigenvalue weighted by Crippen LogP contribution is -2.39. The number of halogens is 1. The normalized spacial score (nSPS) is 20.9. The molecule has 5 nitrogen and oxygen atoms in total. The van der Waals surface area contributed by atoms with Gasteiger partial charge in [0, 0.05) is 25.5 Å². The molecule has 1 saturated heterocycles. The number of hydrogen-bond donors (Lipinski definition) is 2. The molecule has 6 heteroatoms. The molecule has 0 saturated carbocycles. The quantitative estimate of drug-likeness (QED) is 0.674. The lowest BCUT2D eigenvalue weighted by atomic mass is 10.1. The van der Waals surface area contributed by atoms with Gasteiger partial charge in [0.15, 0.2) is 0 Å². The standard InChI is InChI=1S/C8H13ClN2O3/c9-2-3-10-8(14)11-4-1-6(5-11)7(12)13/h6H,1-5H2,(H,10,14)(H,12,13). The van der Waals surface area contributed by atoms with Crippen molar-refractivity contribution >= 4 is 23.6 Å². The first-order valence-electron chi connectivity index (χ1n) is 4.46. The summed E-state index contributed by atoms with van der Waals surface area (Å²) in [6, 6.07) is -0.227. The van der Waals surface area contributed by atoms with E-state index in [1.54, 1.807) is 0 Å². The molecule has 1 heterocycles. The van der Waals surface area contributed by atoms with Crippen LogP contribution in [0.3, 0.4) is 0 Å². The smallest absolute Gasteiger partial charge is 0.317 e. The van der Waals surface area contributed by atoms with Crippen molar-refractivity contribution in [3.63, 3.8) is 0 Å². The Bertz CT molecular complexity index is 235. The highest BCUT2D eigenvalue weighted by atomic mass is 35.5. The molecule has 1 aliphatic rings. The van der Waals surface area contributed by atoms with Crippen LogP contribution in [0.25, 0.3) is 0 Å². The van der Waals surface area contributed by atoms with E-state index in [-0.39, 0.29) is 6.03 Å². The molecule has 0 aromatic carbocycles. The van der Waals surface area contributed by atoms with Crippen molar-refractivity contribution in [1.82, 2.24) is 10.2 Å². The van der Waals surface area contributed by atoms with Crippen LogP contribution in [0.2, 0.25) is 0 Å². The predicted octanol–water partition coefficient (Wildman–Crippen LogP) is 0.341. The Morgan fingerprint density at radius 2 is 2.29 bits per heavy atom. The molecule has 2 N–H and O–H groups in total. The van der Waals surface area contributed by atoms with Gasteiger partial charge in [-0.2, -0.15) is 0 Å². The molecule has 0 spiro atoms. The SMILES string of the molecule is O=C(O)C1CCN(C(=O)NCCCl)C1. The number of carbonyl (C=O) groups is 2. The molecule has 1 aliphatic heterocycles. The van der Waals surface area contributed by atoms with E-state index in [4.69, 9.17) is 16.7 Å². The second kappa shape index (κ2) is 5.05. The predicted molar refractivity (Wildman–Crippen MR) is 51.4 cm³/mol. The van der Waals surface area contributed by atoms with Gasteiger partial charge >= 0.3 is 12.0 Å². The first kappa shape index (κ1) is 11.1. The van der Waals surface area contributed by atoms with Crippen LogP contribution in [0.15, 0.2) is 0 Å². The van der Waals surface area contributed by atoms with Crippen LogP contribution in [0, 0.1) is 5.92 Å². The summed E-state index contributed by atoms with van der Waals surface area (Å²) >= 11 is 5.40. The lowest BCUT2D eigenvalue weighted by molar-refractivity contribution is -0.141. The van der Waals surface area contributed by atoms with Crippen LogP contribution in [-0.4, -0.2) is 47.5 Å². The fourth-order valence-electron chi connectivity index (χ4n) is 1.41. The Hall–Kier alpha value is -0.970. The van der Waals surface area contributed by atoms with E-state index in [0.29, 0.717) is 31.9 Å². The van der Waals surface area contributed by atoms with E-state index >= 15 is 0 Å². The number of amides is 2. The fourth-order valence-corrected chi connectivity index (χ4v) is 1.51. The molecule has 1 fully saturated rings. The average Bonchev–Trinajstić information content (AvgIpc) is 2.62. The first-order valence-corrected chi connectivity index (χ1v) is 5.00. The molecule has 1 atom stereocenters. The summed E-state index contributed by atoms with van der Waals surface area (Å²) in [7, 11) is 0. The maximum atomic E-state index is 11.3. The minimum absolute atomic E-state index is 0.227. The van der Waals surface area contributed by atoms with Gasteiger partial charge in [-0.05, 0) is 6.42 Å². The van der Waals surface area contributed by atoms with Crippen molar-refractivity contribution < 1.29 is 14.7 Å². The number of carbonyl (C=O) groups excluding carboxylic acids is 1. The number of hydrogen-bond acceptors (Lipinski definition) is 2. The number of aliphatic carboxylic acids is 1. The number of alkyl halides is 1. The van der Waals surface area contributed by atoms with E-state index in [0.717, 1.165) is 0 Å². The Balaban J connectivity index is 2.34. The Labute approximate surface area is 87.0 Å². The van der Waals surface area contributed by atoms with Gasteiger partial charge in [0.1, 0.15) is 0 Å². The lowest BCUT2D eigenvalue weighted by Gasteiger charge is -2.15. The van der Waals surface area contributed by atoms with Crippen molar-refractivity contribution in [2.75, 3.05) is 25.5 Å². The van der Waals surface area contributed by atoms with E-state index in [1.165, 1.54) is 4.90 Å². The first-order chi connectivity index (χ1) is 6.65. The van der Waals surface area contributed by atoms with Crippen molar-refractivity contribution in [2.45, 2.75) is 6.42 Å².